The average molecular weight is 354 g/mol. The van der Waals surface area contributed by atoms with Gasteiger partial charge in [0.05, 0.1) is 5.69 Å². The summed E-state index contributed by atoms with van der Waals surface area (Å²) in [5, 5.41) is 7.34. The fourth-order valence-electron chi connectivity index (χ4n) is 2.79. The monoisotopic (exact) mass is 354 g/mol. The molecule has 1 heterocycles. The van der Waals surface area contributed by atoms with Crippen molar-refractivity contribution in [1.29, 1.82) is 0 Å². The Morgan fingerprint density at radius 2 is 1.41 bits per heavy atom. The van der Waals surface area contributed by atoms with Crippen LogP contribution >= 0.6 is 0 Å². The zero-order chi connectivity index (χ0) is 18.5. The molecule has 132 valence electrons. The van der Waals surface area contributed by atoms with Crippen LogP contribution < -0.4 is 5.32 Å². The lowest BCUT2D eigenvalue weighted by Crippen LogP contribution is -2.24. The second-order valence-electron chi connectivity index (χ2n) is 6.04. The summed E-state index contributed by atoms with van der Waals surface area (Å²) in [6.07, 6.45) is 0. The van der Waals surface area contributed by atoms with Gasteiger partial charge in [0.15, 0.2) is 5.82 Å². The number of amides is 1. The predicted molar refractivity (Wildman–Crippen MR) is 104 cm³/mol. The Kier molecular flexibility index (Phi) is 4.74. The summed E-state index contributed by atoms with van der Waals surface area (Å²) < 4.78 is 1.70. The molecule has 0 saturated carbocycles. The molecule has 1 aromatic heterocycles. The van der Waals surface area contributed by atoms with Crippen molar-refractivity contribution in [3.63, 3.8) is 0 Å². The Hall–Kier alpha value is -3.73. The Labute approximate surface area is 157 Å². The van der Waals surface area contributed by atoms with E-state index in [2.05, 4.69) is 15.4 Å². The molecule has 5 nitrogen and oxygen atoms in total. The fraction of sp³-hybridized carbons (Fsp3) is 0.0455. The van der Waals surface area contributed by atoms with Crippen molar-refractivity contribution in [1.82, 2.24) is 20.1 Å². The molecule has 3 aromatic carbocycles. The SMILES string of the molecule is O=C(NCc1ccccc1)c1nc(-c2ccccc2)n(-c2ccccc2)n1. The lowest BCUT2D eigenvalue weighted by molar-refractivity contribution is 0.0940. The summed E-state index contributed by atoms with van der Waals surface area (Å²) in [4.78, 5) is 17.1. The third-order valence-corrected chi connectivity index (χ3v) is 4.14. The number of aromatic nitrogens is 3. The smallest absolute Gasteiger partial charge is 0.291 e. The second-order valence-corrected chi connectivity index (χ2v) is 6.04. The highest BCUT2D eigenvalue weighted by Gasteiger charge is 2.18. The highest BCUT2D eigenvalue weighted by molar-refractivity contribution is 5.91. The van der Waals surface area contributed by atoms with Gasteiger partial charge in [0, 0.05) is 12.1 Å². The third-order valence-electron chi connectivity index (χ3n) is 4.14. The summed E-state index contributed by atoms with van der Waals surface area (Å²) in [5.74, 6) is 0.478. The van der Waals surface area contributed by atoms with Gasteiger partial charge in [0.1, 0.15) is 0 Å². The Bertz CT molecular complexity index is 971. The van der Waals surface area contributed by atoms with Crippen molar-refractivity contribution in [2.75, 3.05) is 0 Å². The minimum Gasteiger partial charge on any atom is -0.345 e. The zero-order valence-corrected chi connectivity index (χ0v) is 14.6. The number of nitrogens with one attached hydrogen (secondary N) is 1. The van der Waals surface area contributed by atoms with Crippen molar-refractivity contribution in [2.45, 2.75) is 6.54 Å². The van der Waals surface area contributed by atoms with Gasteiger partial charge in [-0.25, -0.2) is 9.67 Å². The van der Waals surface area contributed by atoms with E-state index in [0.717, 1.165) is 16.8 Å². The van der Waals surface area contributed by atoms with Gasteiger partial charge in [-0.1, -0.05) is 78.9 Å². The number of para-hydroxylation sites is 1. The minimum absolute atomic E-state index is 0.147. The molecule has 0 atom stereocenters. The molecular formula is C22H18N4O. The van der Waals surface area contributed by atoms with E-state index in [9.17, 15) is 4.79 Å². The van der Waals surface area contributed by atoms with Gasteiger partial charge in [0.2, 0.25) is 5.82 Å². The summed E-state index contributed by atoms with van der Waals surface area (Å²) >= 11 is 0. The molecule has 4 aromatic rings. The number of nitrogens with zero attached hydrogens (tertiary/aromatic N) is 3. The molecule has 0 aliphatic rings. The first-order valence-corrected chi connectivity index (χ1v) is 8.71. The molecule has 27 heavy (non-hydrogen) atoms. The number of hydrogen-bond donors (Lipinski definition) is 1. The molecule has 1 N–H and O–H groups in total. The number of rotatable bonds is 5. The molecule has 0 spiro atoms. The highest BCUT2D eigenvalue weighted by Crippen LogP contribution is 2.21. The fourth-order valence-corrected chi connectivity index (χ4v) is 2.79. The largest absolute Gasteiger partial charge is 0.345 e. The molecule has 4 rings (SSSR count). The van der Waals surface area contributed by atoms with Crippen LogP contribution in [0.3, 0.4) is 0 Å². The van der Waals surface area contributed by atoms with E-state index in [1.807, 2.05) is 91.0 Å². The summed E-state index contributed by atoms with van der Waals surface area (Å²) in [7, 11) is 0. The van der Waals surface area contributed by atoms with Crippen molar-refractivity contribution in [3.05, 3.63) is 102 Å². The van der Waals surface area contributed by atoms with Crippen LogP contribution in [-0.2, 0) is 6.54 Å². The van der Waals surface area contributed by atoms with E-state index in [1.165, 1.54) is 0 Å². The first-order valence-electron chi connectivity index (χ1n) is 8.71. The van der Waals surface area contributed by atoms with Crippen molar-refractivity contribution < 1.29 is 4.79 Å². The maximum Gasteiger partial charge on any atom is 0.291 e. The number of carbonyl (C=O) groups is 1. The Balaban J connectivity index is 1.66. The van der Waals surface area contributed by atoms with E-state index < -0.39 is 0 Å². The average Bonchev–Trinajstić information content (AvgIpc) is 3.20. The molecular weight excluding hydrogens is 336 g/mol. The number of carbonyl (C=O) groups excluding carboxylic acids is 1. The molecule has 0 aliphatic carbocycles. The van der Waals surface area contributed by atoms with Gasteiger partial charge >= 0.3 is 0 Å². The molecule has 5 heteroatoms. The van der Waals surface area contributed by atoms with Crippen LogP contribution in [0.25, 0.3) is 17.1 Å². The van der Waals surface area contributed by atoms with Crippen LogP contribution in [0.5, 0.6) is 0 Å². The van der Waals surface area contributed by atoms with Crippen LogP contribution in [0.4, 0.5) is 0 Å². The van der Waals surface area contributed by atoms with Gasteiger partial charge in [-0.05, 0) is 17.7 Å². The standard InChI is InChI=1S/C22H18N4O/c27-22(23-16-17-10-4-1-5-11-17)20-24-21(18-12-6-2-7-13-18)26(25-20)19-14-8-3-9-15-19/h1-15H,16H2,(H,23,27). The van der Waals surface area contributed by atoms with Gasteiger partial charge in [-0.3, -0.25) is 4.79 Å². The first kappa shape index (κ1) is 16.7. The molecule has 0 aliphatic heterocycles. The van der Waals surface area contributed by atoms with Gasteiger partial charge < -0.3 is 5.32 Å². The zero-order valence-electron chi connectivity index (χ0n) is 14.6. The molecule has 0 bridgehead atoms. The highest BCUT2D eigenvalue weighted by atomic mass is 16.2. The van der Waals surface area contributed by atoms with E-state index in [-0.39, 0.29) is 11.7 Å². The summed E-state index contributed by atoms with van der Waals surface area (Å²) in [6, 6.07) is 29.2. The van der Waals surface area contributed by atoms with Crippen molar-refractivity contribution in [2.24, 2.45) is 0 Å². The molecule has 0 saturated heterocycles. The van der Waals surface area contributed by atoms with Crippen molar-refractivity contribution in [3.8, 4) is 17.1 Å². The maximum atomic E-state index is 12.6. The van der Waals surface area contributed by atoms with Crippen LogP contribution in [0.15, 0.2) is 91.0 Å². The number of benzene rings is 3. The lowest BCUT2D eigenvalue weighted by Gasteiger charge is -2.05. The van der Waals surface area contributed by atoms with Crippen LogP contribution in [-0.4, -0.2) is 20.7 Å². The third kappa shape index (κ3) is 3.77. The van der Waals surface area contributed by atoms with Gasteiger partial charge in [0.25, 0.3) is 5.91 Å². The Morgan fingerprint density at radius 1 is 0.815 bits per heavy atom. The van der Waals surface area contributed by atoms with Crippen LogP contribution in [0.2, 0.25) is 0 Å². The van der Waals surface area contributed by atoms with Crippen LogP contribution in [0.1, 0.15) is 16.2 Å². The molecule has 0 unspecified atom stereocenters. The maximum absolute atomic E-state index is 12.6. The first-order chi connectivity index (χ1) is 13.3. The second kappa shape index (κ2) is 7.66. The summed E-state index contributed by atoms with van der Waals surface area (Å²) in [5.41, 5.74) is 2.78. The quantitative estimate of drug-likeness (QED) is 0.592. The normalized spacial score (nSPS) is 10.5. The van der Waals surface area contributed by atoms with Gasteiger partial charge in [-0.15, -0.1) is 5.10 Å². The van der Waals surface area contributed by atoms with E-state index in [1.54, 1.807) is 4.68 Å². The molecule has 0 fully saturated rings. The van der Waals surface area contributed by atoms with E-state index in [4.69, 9.17) is 0 Å². The molecule has 0 radical (unpaired) electrons. The lowest BCUT2D eigenvalue weighted by atomic mass is 10.2. The van der Waals surface area contributed by atoms with Crippen LogP contribution in [0, 0.1) is 0 Å². The van der Waals surface area contributed by atoms with Gasteiger partial charge in [-0.2, -0.15) is 0 Å². The molecule has 1 amide bonds. The summed E-state index contributed by atoms with van der Waals surface area (Å²) in [6.45, 7) is 0.431. The van der Waals surface area contributed by atoms with E-state index in [0.29, 0.717) is 12.4 Å². The number of hydrogen-bond acceptors (Lipinski definition) is 3. The Morgan fingerprint density at radius 3 is 2.07 bits per heavy atom. The van der Waals surface area contributed by atoms with E-state index >= 15 is 0 Å². The minimum atomic E-state index is -0.300. The predicted octanol–water partition coefficient (Wildman–Crippen LogP) is 3.86. The van der Waals surface area contributed by atoms with Crippen molar-refractivity contribution >= 4 is 5.91 Å². The topological polar surface area (TPSA) is 59.8 Å².